The molecule has 3 heteroatoms. The van der Waals surface area contributed by atoms with Gasteiger partial charge in [-0.05, 0) is 49.0 Å². The highest BCUT2D eigenvalue weighted by Gasteiger charge is 2.11. The molecule has 1 rings (SSSR count). The molecule has 1 aromatic carbocycles. The number of para-hydroxylation sites is 1. The Morgan fingerprint density at radius 1 is 1.33 bits per heavy atom. The number of rotatable bonds is 5. The Bertz CT molecular complexity index is 401. The van der Waals surface area contributed by atoms with Gasteiger partial charge in [-0.1, -0.05) is 39.0 Å². The molecule has 0 aliphatic carbocycles. The van der Waals surface area contributed by atoms with Crippen LogP contribution in [0.15, 0.2) is 18.2 Å². The second kappa shape index (κ2) is 7.37. The summed E-state index contributed by atoms with van der Waals surface area (Å²) in [5, 5.41) is 7.28. The van der Waals surface area contributed by atoms with Crippen LogP contribution >= 0.6 is 12.2 Å². The molecule has 0 spiro atoms. The Morgan fingerprint density at radius 3 is 2.67 bits per heavy atom. The van der Waals surface area contributed by atoms with E-state index in [-0.39, 0.29) is 0 Å². The summed E-state index contributed by atoms with van der Waals surface area (Å²) in [6, 6.07) is 6.42. The highest BCUT2D eigenvalue weighted by molar-refractivity contribution is 7.80. The molecule has 0 aliphatic heterocycles. The monoisotopic (exact) mass is 264 g/mol. The average molecular weight is 264 g/mol. The van der Waals surface area contributed by atoms with Gasteiger partial charge < -0.3 is 10.6 Å². The molecule has 0 radical (unpaired) electrons. The van der Waals surface area contributed by atoms with Crippen LogP contribution in [-0.4, -0.2) is 11.7 Å². The van der Waals surface area contributed by atoms with Gasteiger partial charge in [0.25, 0.3) is 0 Å². The van der Waals surface area contributed by atoms with Crippen LogP contribution in [0.5, 0.6) is 0 Å². The fraction of sp³-hybridized carbons (Fsp3) is 0.533. The average Bonchev–Trinajstić information content (AvgIpc) is 2.37. The number of benzene rings is 1. The van der Waals surface area contributed by atoms with Crippen LogP contribution in [0.1, 0.15) is 50.7 Å². The predicted molar refractivity (Wildman–Crippen MR) is 84.4 cm³/mol. The van der Waals surface area contributed by atoms with Crippen LogP contribution in [0.3, 0.4) is 0 Å². The minimum Gasteiger partial charge on any atom is -0.362 e. The largest absolute Gasteiger partial charge is 0.362 e. The van der Waals surface area contributed by atoms with Gasteiger partial charge in [0.15, 0.2) is 5.11 Å². The van der Waals surface area contributed by atoms with Crippen LogP contribution < -0.4 is 10.6 Å². The number of nitrogens with one attached hydrogen (secondary N) is 2. The van der Waals surface area contributed by atoms with Crippen molar-refractivity contribution in [2.45, 2.75) is 46.5 Å². The van der Waals surface area contributed by atoms with E-state index >= 15 is 0 Å². The number of hydrogen-bond acceptors (Lipinski definition) is 1. The van der Waals surface area contributed by atoms with Crippen molar-refractivity contribution < 1.29 is 0 Å². The molecule has 0 heterocycles. The fourth-order valence-electron chi connectivity index (χ4n) is 1.89. The first-order valence-electron chi connectivity index (χ1n) is 6.74. The van der Waals surface area contributed by atoms with Crippen LogP contribution in [0.2, 0.25) is 0 Å². The summed E-state index contributed by atoms with van der Waals surface area (Å²) < 4.78 is 0. The van der Waals surface area contributed by atoms with Crippen LogP contribution in [0, 0.1) is 6.92 Å². The standard InChI is InChI=1S/C15H24N2S/c1-5-10-16-15(18)17-14-12(4)8-7-9-13(14)11(3)6-2/h7-9,11H,5-6,10H2,1-4H3,(H2,16,17,18). The van der Waals surface area contributed by atoms with Crippen molar-refractivity contribution in [2.75, 3.05) is 11.9 Å². The van der Waals surface area contributed by atoms with Crippen molar-refractivity contribution in [1.29, 1.82) is 0 Å². The van der Waals surface area contributed by atoms with Gasteiger partial charge in [0.05, 0.1) is 0 Å². The second-order valence-electron chi connectivity index (χ2n) is 4.73. The fourth-order valence-corrected chi connectivity index (χ4v) is 2.09. The summed E-state index contributed by atoms with van der Waals surface area (Å²) in [4.78, 5) is 0. The Kier molecular flexibility index (Phi) is 6.13. The topological polar surface area (TPSA) is 24.1 Å². The van der Waals surface area contributed by atoms with Crippen LogP contribution in [-0.2, 0) is 0 Å². The zero-order chi connectivity index (χ0) is 13.5. The summed E-state index contributed by atoms with van der Waals surface area (Å²) in [5.74, 6) is 0.543. The molecule has 2 N–H and O–H groups in total. The van der Waals surface area contributed by atoms with Crippen molar-refractivity contribution in [2.24, 2.45) is 0 Å². The molecule has 1 atom stereocenters. The van der Waals surface area contributed by atoms with E-state index in [0.29, 0.717) is 5.92 Å². The summed E-state index contributed by atoms with van der Waals surface area (Å²) >= 11 is 5.32. The van der Waals surface area contributed by atoms with Crippen molar-refractivity contribution in [3.8, 4) is 0 Å². The summed E-state index contributed by atoms with van der Waals surface area (Å²) in [6.07, 6.45) is 2.21. The lowest BCUT2D eigenvalue weighted by atomic mass is 9.95. The molecule has 0 bridgehead atoms. The number of aryl methyl sites for hydroxylation is 1. The van der Waals surface area contributed by atoms with E-state index in [0.717, 1.165) is 24.5 Å². The molecule has 1 unspecified atom stereocenters. The highest BCUT2D eigenvalue weighted by atomic mass is 32.1. The van der Waals surface area contributed by atoms with Crippen molar-refractivity contribution in [1.82, 2.24) is 5.32 Å². The van der Waals surface area contributed by atoms with Crippen molar-refractivity contribution >= 4 is 23.0 Å². The summed E-state index contributed by atoms with van der Waals surface area (Å²) in [7, 11) is 0. The van der Waals surface area contributed by atoms with E-state index in [2.05, 4.69) is 56.5 Å². The van der Waals surface area contributed by atoms with E-state index < -0.39 is 0 Å². The third kappa shape index (κ3) is 3.98. The number of anilines is 1. The third-order valence-corrected chi connectivity index (χ3v) is 3.47. The number of hydrogen-bond donors (Lipinski definition) is 2. The van der Waals surface area contributed by atoms with E-state index in [1.54, 1.807) is 0 Å². The Balaban J connectivity index is 2.89. The minimum atomic E-state index is 0.543. The van der Waals surface area contributed by atoms with Crippen molar-refractivity contribution in [3.05, 3.63) is 29.3 Å². The van der Waals surface area contributed by atoms with Gasteiger partial charge >= 0.3 is 0 Å². The lowest BCUT2D eigenvalue weighted by Gasteiger charge is -2.19. The molecule has 0 amide bonds. The Labute approximate surface area is 116 Å². The maximum atomic E-state index is 5.32. The molecule has 0 saturated heterocycles. The van der Waals surface area contributed by atoms with Crippen LogP contribution in [0.4, 0.5) is 5.69 Å². The van der Waals surface area contributed by atoms with Gasteiger partial charge in [-0.3, -0.25) is 0 Å². The zero-order valence-electron chi connectivity index (χ0n) is 11.8. The van der Waals surface area contributed by atoms with Gasteiger partial charge in [0.2, 0.25) is 0 Å². The normalized spacial score (nSPS) is 12.0. The van der Waals surface area contributed by atoms with Gasteiger partial charge in [-0.2, -0.15) is 0 Å². The maximum absolute atomic E-state index is 5.32. The molecule has 2 nitrogen and oxygen atoms in total. The van der Waals surface area contributed by atoms with E-state index in [1.165, 1.54) is 16.8 Å². The SMILES string of the molecule is CCCNC(=S)Nc1c(C)cccc1C(C)CC. The quantitative estimate of drug-likeness (QED) is 0.779. The molecular weight excluding hydrogens is 240 g/mol. The smallest absolute Gasteiger partial charge is 0.170 e. The number of thiocarbonyl (C=S) groups is 1. The molecule has 1 aromatic rings. The minimum absolute atomic E-state index is 0.543. The lowest BCUT2D eigenvalue weighted by molar-refractivity contribution is 0.735. The summed E-state index contributed by atoms with van der Waals surface area (Å²) in [6.45, 7) is 9.63. The van der Waals surface area contributed by atoms with E-state index in [9.17, 15) is 0 Å². The molecule has 0 aromatic heterocycles. The second-order valence-corrected chi connectivity index (χ2v) is 5.14. The molecule has 18 heavy (non-hydrogen) atoms. The molecule has 0 aliphatic rings. The van der Waals surface area contributed by atoms with Crippen LogP contribution in [0.25, 0.3) is 0 Å². The first-order valence-corrected chi connectivity index (χ1v) is 7.15. The first-order chi connectivity index (χ1) is 8.60. The molecular formula is C15H24N2S. The van der Waals surface area contributed by atoms with Gasteiger partial charge in [-0.25, -0.2) is 0 Å². The van der Waals surface area contributed by atoms with E-state index in [1.807, 2.05) is 0 Å². The Hall–Kier alpha value is -1.09. The maximum Gasteiger partial charge on any atom is 0.170 e. The highest BCUT2D eigenvalue weighted by Crippen LogP contribution is 2.29. The van der Waals surface area contributed by atoms with E-state index in [4.69, 9.17) is 12.2 Å². The van der Waals surface area contributed by atoms with Crippen molar-refractivity contribution in [3.63, 3.8) is 0 Å². The van der Waals surface area contributed by atoms with Gasteiger partial charge in [0, 0.05) is 12.2 Å². The first kappa shape index (κ1) is 15.0. The molecule has 0 fully saturated rings. The van der Waals surface area contributed by atoms with Gasteiger partial charge in [0.1, 0.15) is 0 Å². The van der Waals surface area contributed by atoms with Gasteiger partial charge in [-0.15, -0.1) is 0 Å². The zero-order valence-corrected chi connectivity index (χ0v) is 12.7. The Morgan fingerprint density at radius 2 is 2.06 bits per heavy atom. The molecule has 0 saturated carbocycles. The molecule has 100 valence electrons. The lowest BCUT2D eigenvalue weighted by Crippen LogP contribution is -2.29. The summed E-state index contributed by atoms with van der Waals surface area (Å²) in [5.41, 5.74) is 3.76. The predicted octanol–water partition coefficient (Wildman–Crippen LogP) is 4.20. The third-order valence-electron chi connectivity index (χ3n) is 3.22.